The van der Waals surface area contributed by atoms with Gasteiger partial charge in [-0.3, -0.25) is 0 Å². The molecule has 0 fully saturated rings. The summed E-state index contributed by atoms with van der Waals surface area (Å²) in [5.41, 5.74) is 4.94. The highest BCUT2D eigenvalue weighted by Gasteiger charge is 2.05. The minimum atomic E-state index is 0.297. The van der Waals surface area contributed by atoms with Crippen molar-refractivity contribution >= 4 is 24.3 Å². The number of pyridine rings is 2. The molecule has 2 aromatic heterocycles. The third kappa shape index (κ3) is 4.45. The number of aryl methyl sites for hydroxylation is 3. The number of hydrogen-bond acceptors (Lipinski definition) is 1. The fourth-order valence-corrected chi connectivity index (χ4v) is 2.71. The maximum atomic E-state index is 10.6. The van der Waals surface area contributed by atoms with Crippen molar-refractivity contribution in [2.45, 2.75) is 6.92 Å². The molecule has 0 aliphatic rings. The van der Waals surface area contributed by atoms with Gasteiger partial charge < -0.3 is 5.11 Å². The van der Waals surface area contributed by atoms with Gasteiger partial charge in [-0.25, -0.2) is 9.13 Å². The van der Waals surface area contributed by atoms with E-state index in [1.165, 1.54) is 0 Å². The Morgan fingerprint density at radius 1 is 0.692 bits per heavy atom. The molecule has 130 valence electrons. The number of phenolic OH excluding ortho intramolecular Hbond substituents is 1. The average molecular weight is 344 g/mol. The second-order valence-corrected chi connectivity index (χ2v) is 6.55. The van der Waals surface area contributed by atoms with E-state index in [1.54, 1.807) is 0 Å². The summed E-state index contributed by atoms with van der Waals surface area (Å²) in [4.78, 5) is 0. The van der Waals surface area contributed by atoms with Crippen molar-refractivity contribution in [3.8, 4) is 5.75 Å². The highest BCUT2D eigenvalue weighted by molar-refractivity contribution is 5.79. The van der Waals surface area contributed by atoms with Gasteiger partial charge in [0.2, 0.25) is 0 Å². The summed E-state index contributed by atoms with van der Waals surface area (Å²) in [6.45, 7) is 2.04. The Hall–Kier alpha value is -3.20. The van der Waals surface area contributed by atoms with Crippen LogP contribution in [-0.2, 0) is 14.1 Å². The van der Waals surface area contributed by atoms with Crippen LogP contribution in [0.3, 0.4) is 0 Å². The lowest BCUT2D eigenvalue weighted by atomic mass is 10.0. The zero-order valence-corrected chi connectivity index (χ0v) is 15.4. The van der Waals surface area contributed by atoms with Crippen LogP contribution >= 0.6 is 0 Å². The van der Waals surface area contributed by atoms with Gasteiger partial charge in [-0.2, -0.15) is 0 Å². The van der Waals surface area contributed by atoms with Crippen molar-refractivity contribution in [3.05, 3.63) is 89.0 Å². The average Bonchev–Trinajstić information content (AvgIpc) is 2.63. The highest BCUT2D eigenvalue weighted by Crippen LogP contribution is 2.28. The van der Waals surface area contributed by atoms with Crippen LogP contribution in [0.15, 0.2) is 61.2 Å². The summed E-state index contributed by atoms with van der Waals surface area (Å²) >= 11 is 0. The Morgan fingerprint density at radius 3 is 1.46 bits per heavy atom. The lowest BCUT2D eigenvalue weighted by Gasteiger charge is -2.06. The van der Waals surface area contributed by atoms with Crippen LogP contribution in [0.4, 0.5) is 0 Å². The molecule has 1 aromatic carbocycles. The van der Waals surface area contributed by atoms with Gasteiger partial charge in [0.1, 0.15) is 19.8 Å². The van der Waals surface area contributed by atoms with Gasteiger partial charge in [0.15, 0.2) is 24.8 Å². The summed E-state index contributed by atoms with van der Waals surface area (Å²) in [5, 5.41) is 10.6. The molecule has 0 radical (unpaired) electrons. The third-order valence-electron chi connectivity index (χ3n) is 4.23. The highest BCUT2D eigenvalue weighted by atomic mass is 16.3. The molecule has 0 saturated carbocycles. The first-order valence-corrected chi connectivity index (χ1v) is 8.61. The predicted octanol–water partition coefficient (Wildman–Crippen LogP) is 3.69. The molecule has 0 aliphatic heterocycles. The van der Waals surface area contributed by atoms with Crippen molar-refractivity contribution in [3.63, 3.8) is 0 Å². The molecule has 0 atom stereocenters. The molecule has 0 spiro atoms. The van der Waals surface area contributed by atoms with Crippen LogP contribution < -0.4 is 9.13 Å². The molecule has 3 aromatic rings. The topological polar surface area (TPSA) is 28.0 Å². The zero-order chi connectivity index (χ0) is 18.5. The molecular weight excluding hydrogens is 320 g/mol. The van der Waals surface area contributed by atoms with Gasteiger partial charge in [0.05, 0.1) is 0 Å². The van der Waals surface area contributed by atoms with Gasteiger partial charge in [0, 0.05) is 35.4 Å². The number of aromatic hydroxyl groups is 1. The monoisotopic (exact) mass is 344 g/mol. The van der Waals surface area contributed by atoms with E-state index in [9.17, 15) is 5.11 Å². The first-order valence-electron chi connectivity index (χ1n) is 8.61. The van der Waals surface area contributed by atoms with Gasteiger partial charge in [-0.1, -0.05) is 24.3 Å². The van der Waals surface area contributed by atoms with Crippen LogP contribution in [0.1, 0.15) is 27.8 Å². The fourth-order valence-electron chi connectivity index (χ4n) is 2.71. The van der Waals surface area contributed by atoms with E-state index in [0.29, 0.717) is 5.75 Å². The maximum absolute atomic E-state index is 10.6. The lowest BCUT2D eigenvalue weighted by Crippen LogP contribution is -2.25. The quantitative estimate of drug-likeness (QED) is 0.718. The lowest BCUT2D eigenvalue weighted by molar-refractivity contribution is -0.671. The van der Waals surface area contributed by atoms with Crippen LogP contribution in [0.5, 0.6) is 5.75 Å². The summed E-state index contributed by atoms with van der Waals surface area (Å²) in [7, 11) is 3.98. The van der Waals surface area contributed by atoms with E-state index in [-0.39, 0.29) is 0 Å². The van der Waals surface area contributed by atoms with Crippen LogP contribution in [0, 0.1) is 6.92 Å². The molecule has 0 unspecified atom stereocenters. The largest absolute Gasteiger partial charge is 0.507 e. The SMILES string of the molecule is Cc1cc(/C=C/c2cc[n+](C)cc2)c(O)c(/C=C/c2cc[n+](C)cc2)c1. The smallest absolute Gasteiger partial charge is 0.169 e. The molecule has 3 rings (SSSR count). The Kier molecular flexibility index (Phi) is 5.28. The molecular formula is C23H24N2O+2. The molecule has 0 amide bonds. The summed E-state index contributed by atoms with van der Waals surface area (Å²) < 4.78 is 3.99. The Labute approximate surface area is 154 Å². The van der Waals surface area contributed by atoms with E-state index >= 15 is 0 Å². The van der Waals surface area contributed by atoms with Crippen molar-refractivity contribution in [1.29, 1.82) is 0 Å². The van der Waals surface area contributed by atoms with E-state index < -0.39 is 0 Å². The first-order chi connectivity index (χ1) is 12.5. The minimum Gasteiger partial charge on any atom is -0.507 e. The molecule has 0 saturated heterocycles. The van der Waals surface area contributed by atoms with Gasteiger partial charge in [-0.15, -0.1) is 0 Å². The van der Waals surface area contributed by atoms with Crippen LogP contribution in [0.2, 0.25) is 0 Å². The van der Waals surface area contributed by atoms with E-state index in [1.807, 2.05) is 116 Å². The number of benzene rings is 1. The molecule has 2 heterocycles. The van der Waals surface area contributed by atoms with Gasteiger partial charge in [-0.05, 0) is 35.7 Å². The fraction of sp³-hybridized carbons (Fsp3) is 0.130. The van der Waals surface area contributed by atoms with Crippen LogP contribution in [-0.4, -0.2) is 5.11 Å². The second kappa shape index (κ2) is 7.79. The normalized spacial score (nSPS) is 11.5. The van der Waals surface area contributed by atoms with Crippen molar-refractivity contribution in [1.82, 2.24) is 0 Å². The second-order valence-electron chi connectivity index (χ2n) is 6.55. The maximum Gasteiger partial charge on any atom is 0.169 e. The summed E-state index contributed by atoms with van der Waals surface area (Å²) in [6.07, 6.45) is 16.0. The van der Waals surface area contributed by atoms with Gasteiger partial charge in [0.25, 0.3) is 0 Å². The Morgan fingerprint density at radius 2 is 1.08 bits per heavy atom. The first kappa shape index (κ1) is 17.6. The Balaban J connectivity index is 1.88. The number of nitrogens with zero attached hydrogens (tertiary/aromatic N) is 2. The summed E-state index contributed by atoms with van der Waals surface area (Å²) in [6, 6.07) is 12.2. The molecule has 0 aliphatic carbocycles. The zero-order valence-electron chi connectivity index (χ0n) is 15.4. The van der Waals surface area contributed by atoms with Crippen LogP contribution in [0.25, 0.3) is 24.3 Å². The third-order valence-corrected chi connectivity index (χ3v) is 4.23. The Bertz CT molecular complexity index is 876. The van der Waals surface area contributed by atoms with E-state index in [4.69, 9.17) is 0 Å². The standard InChI is InChI=1S/C23H23N2O/c1-18-16-21(6-4-19-8-12-24(2)13-9-19)23(26)22(17-18)7-5-20-10-14-25(3)15-11-20/h4-17H,1-3H3/q+1/p+1. The van der Waals surface area contributed by atoms with Crippen molar-refractivity contribution in [2.24, 2.45) is 14.1 Å². The number of phenols is 1. The molecule has 26 heavy (non-hydrogen) atoms. The minimum absolute atomic E-state index is 0.297. The van der Waals surface area contributed by atoms with E-state index in [0.717, 1.165) is 27.8 Å². The number of aromatic nitrogens is 2. The molecule has 0 bridgehead atoms. The predicted molar refractivity (Wildman–Crippen MR) is 106 cm³/mol. The van der Waals surface area contributed by atoms with Crippen molar-refractivity contribution < 1.29 is 14.2 Å². The van der Waals surface area contributed by atoms with E-state index in [2.05, 4.69) is 0 Å². The summed E-state index contributed by atoms with van der Waals surface area (Å²) in [5.74, 6) is 0.297. The molecule has 3 heteroatoms. The molecule has 1 N–H and O–H groups in total. The number of rotatable bonds is 4. The molecule has 3 nitrogen and oxygen atoms in total. The van der Waals surface area contributed by atoms with Crippen molar-refractivity contribution in [2.75, 3.05) is 0 Å². The van der Waals surface area contributed by atoms with Gasteiger partial charge >= 0.3 is 0 Å². The number of hydrogen-bond donors (Lipinski definition) is 1.